The molecule has 3 atom stereocenters. The van der Waals surface area contributed by atoms with E-state index in [1.54, 1.807) is 12.2 Å². The van der Waals surface area contributed by atoms with Crippen LogP contribution in [0.3, 0.4) is 0 Å². The Morgan fingerprint density at radius 2 is 2.00 bits per heavy atom. The van der Waals surface area contributed by atoms with E-state index >= 15 is 0 Å². The second-order valence-corrected chi connectivity index (χ2v) is 5.17. The molecule has 2 aliphatic carbocycles. The SMILES string of the molecule is C=C1C(=O)C[C@@H](O)[C@@H]1/C=C/[C@@H](O)C1CCCC1. The molecule has 2 saturated carbocycles. The summed E-state index contributed by atoms with van der Waals surface area (Å²) in [6.45, 7) is 3.70. The van der Waals surface area contributed by atoms with Gasteiger partial charge in [0.15, 0.2) is 5.78 Å². The van der Waals surface area contributed by atoms with E-state index < -0.39 is 12.2 Å². The monoisotopic (exact) mass is 236 g/mol. The minimum atomic E-state index is -0.665. The molecule has 0 aromatic carbocycles. The van der Waals surface area contributed by atoms with Crippen LogP contribution < -0.4 is 0 Å². The van der Waals surface area contributed by atoms with Gasteiger partial charge in [0.25, 0.3) is 0 Å². The molecule has 94 valence electrons. The van der Waals surface area contributed by atoms with E-state index in [2.05, 4.69) is 6.58 Å². The van der Waals surface area contributed by atoms with Crippen molar-refractivity contribution in [2.75, 3.05) is 0 Å². The summed E-state index contributed by atoms with van der Waals surface area (Å²) in [5.74, 6) is -0.0326. The van der Waals surface area contributed by atoms with Crippen molar-refractivity contribution in [3.8, 4) is 0 Å². The molecule has 0 aromatic rings. The summed E-state index contributed by atoms with van der Waals surface area (Å²) in [4.78, 5) is 11.3. The van der Waals surface area contributed by atoms with E-state index in [0.717, 1.165) is 12.8 Å². The van der Waals surface area contributed by atoms with Crippen LogP contribution in [0.5, 0.6) is 0 Å². The van der Waals surface area contributed by atoms with Gasteiger partial charge in [0.1, 0.15) is 0 Å². The summed E-state index contributed by atoms with van der Waals surface area (Å²) in [5.41, 5.74) is 0.465. The first-order valence-corrected chi connectivity index (χ1v) is 6.36. The molecule has 0 amide bonds. The van der Waals surface area contributed by atoms with Crippen LogP contribution in [0.15, 0.2) is 24.3 Å². The Morgan fingerprint density at radius 3 is 2.53 bits per heavy atom. The van der Waals surface area contributed by atoms with E-state index in [1.807, 2.05) is 0 Å². The molecule has 0 unspecified atom stereocenters. The number of carbonyl (C=O) groups is 1. The standard InChI is InChI=1S/C14H20O3/c1-9-11(14(17)8-13(9)16)6-7-12(15)10-4-2-3-5-10/h6-7,10-12,14-15,17H,1-5,8H2/b7-6+/t11-,12-,14-/m1/s1. The third-order valence-corrected chi connectivity index (χ3v) is 3.97. The maximum Gasteiger partial charge on any atom is 0.161 e. The first-order valence-electron chi connectivity index (χ1n) is 6.36. The molecule has 2 rings (SSSR count). The summed E-state index contributed by atoms with van der Waals surface area (Å²) < 4.78 is 0. The third-order valence-electron chi connectivity index (χ3n) is 3.97. The fourth-order valence-corrected chi connectivity index (χ4v) is 2.80. The highest BCUT2D eigenvalue weighted by Gasteiger charge is 2.33. The van der Waals surface area contributed by atoms with Crippen molar-refractivity contribution in [1.82, 2.24) is 0 Å². The highest BCUT2D eigenvalue weighted by atomic mass is 16.3. The second-order valence-electron chi connectivity index (χ2n) is 5.17. The molecule has 3 nitrogen and oxygen atoms in total. The predicted octanol–water partition coefficient (Wildman–Crippen LogP) is 1.60. The number of carbonyl (C=O) groups excluding carboxylic acids is 1. The number of Topliss-reactive ketones (excluding diaryl/α,β-unsaturated/α-hetero) is 1. The van der Waals surface area contributed by atoms with Gasteiger partial charge in [-0.05, 0) is 24.3 Å². The highest BCUT2D eigenvalue weighted by Crippen LogP contribution is 2.31. The number of aliphatic hydroxyl groups excluding tert-OH is 2. The van der Waals surface area contributed by atoms with Gasteiger partial charge in [-0.25, -0.2) is 0 Å². The minimum absolute atomic E-state index is 0.0671. The van der Waals surface area contributed by atoms with Gasteiger partial charge < -0.3 is 10.2 Å². The van der Waals surface area contributed by atoms with Crippen molar-refractivity contribution in [2.45, 2.75) is 44.3 Å². The lowest BCUT2D eigenvalue weighted by Gasteiger charge is -2.15. The molecule has 0 aromatic heterocycles. The molecule has 0 aliphatic heterocycles. The fraction of sp³-hybridized carbons (Fsp3) is 0.643. The molecular formula is C14H20O3. The van der Waals surface area contributed by atoms with Gasteiger partial charge in [0.2, 0.25) is 0 Å². The summed E-state index contributed by atoms with van der Waals surface area (Å²) in [5, 5.41) is 19.7. The third kappa shape index (κ3) is 2.67. The Morgan fingerprint density at radius 1 is 1.35 bits per heavy atom. The lowest BCUT2D eigenvalue weighted by molar-refractivity contribution is -0.115. The smallest absolute Gasteiger partial charge is 0.161 e. The van der Waals surface area contributed by atoms with Crippen LogP contribution in [0, 0.1) is 11.8 Å². The first kappa shape index (κ1) is 12.5. The zero-order valence-electron chi connectivity index (χ0n) is 10.0. The van der Waals surface area contributed by atoms with Gasteiger partial charge in [-0.2, -0.15) is 0 Å². The topological polar surface area (TPSA) is 57.5 Å². The van der Waals surface area contributed by atoms with Crippen molar-refractivity contribution in [3.05, 3.63) is 24.3 Å². The first-order chi connectivity index (χ1) is 8.09. The number of aliphatic hydroxyl groups is 2. The second kappa shape index (κ2) is 5.15. The van der Waals surface area contributed by atoms with Gasteiger partial charge >= 0.3 is 0 Å². The van der Waals surface area contributed by atoms with Crippen LogP contribution in [0.25, 0.3) is 0 Å². The molecule has 2 fully saturated rings. The van der Waals surface area contributed by atoms with Crippen LogP contribution in [-0.2, 0) is 4.79 Å². The van der Waals surface area contributed by atoms with Crippen molar-refractivity contribution in [1.29, 1.82) is 0 Å². The Labute approximate surface area is 102 Å². The Hall–Kier alpha value is -0.930. The highest BCUT2D eigenvalue weighted by molar-refractivity contribution is 5.98. The average Bonchev–Trinajstić information content (AvgIpc) is 2.88. The molecule has 0 spiro atoms. The van der Waals surface area contributed by atoms with Crippen molar-refractivity contribution in [2.24, 2.45) is 11.8 Å². The predicted molar refractivity (Wildman–Crippen MR) is 65.4 cm³/mol. The Kier molecular flexibility index (Phi) is 3.79. The van der Waals surface area contributed by atoms with E-state index in [4.69, 9.17) is 0 Å². The van der Waals surface area contributed by atoms with Gasteiger partial charge in [-0.15, -0.1) is 0 Å². The largest absolute Gasteiger partial charge is 0.392 e. The molecule has 0 bridgehead atoms. The molecule has 0 heterocycles. The number of hydrogen-bond donors (Lipinski definition) is 2. The summed E-state index contributed by atoms with van der Waals surface area (Å²) in [6.07, 6.45) is 7.04. The normalized spacial score (nSPS) is 32.8. The maximum atomic E-state index is 11.3. The van der Waals surface area contributed by atoms with Gasteiger partial charge in [0.05, 0.1) is 12.2 Å². The van der Waals surface area contributed by atoms with Gasteiger partial charge in [-0.3, -0.25) is 4.79 Å². The summed E-state index contributed by atoms with van der Waals surface area (Å²) in [6, 6.07) is 0. The van der Waals surface area contributed by atoms with E-state index in [1.165, 1.54) is 12.8 Å². The molecule has 2 aliphatic rings. The van der Waals surface area contributed by atoms with Crippen molar-refractivity contribution >= 4 is 5.78 Å². The minimum Gasteiger partial charge on any atom is -0.392 e. The van der Waals surface area contributed by atoms with Crippen LogP contribution in [0.1, 0.15) is 32.1 Å². The number of ketones is 1. The lowest BCUT2D eigenvalue weighted by atomic mass is 9.96. The average molecular weight is 236 g/mol. The zero-order valence-corrected chi connectivity index (χ0v) is 10.0. The van der Waals surface area contributed by atoms with E-state index in [-0.39, 0.29) is 18.1 Å². The van der Waals surface area contributed by atoms with Crippen molar-refractivity contribution in [3.63, 3.8) is 0 Å². The van der Waals surface area contributed by atoms with Crippen LogP contribution in [0.4, 0.5) is 0 Å². The molecular weight excluding hydrogens is 216 g/mol. The number of hydrogen-bond acceptors (Lipinski definition) is 3. The van der Waals surface area contributed by atoms with Gasteiger partial charge in [-0.1, -0.05) is 31.6 Å². The summed E-state index contributed by atoms with van der Waals surface area (Å²) >= 11 is 0. The molecule has 0 saturated heterocycles. The van der Waals surface area contributed by atoms with E-state index in [0.29, 0.717) is 11.5 Å². The maximum absolute atomic E-state index is 11.3. The molecule has 17 heavy (non-hydrogen) atoms. The van der Waals surface area contributed by atoms with Crippen LogP contribution >= 0.6 is 0 Å². The Balaban J connectivity index is 1.95. The summed E-state index contributed by atoms with van der Waals surface area (Å²) in [7, 11) is 0. The molecule has 0 radical (unpaired) electrons. The van der Waals surface area contributed by atoms with Crippen LogP contribution in [-0.4, -0.2) is 28.2 Å². The Bertz CT molecular complexity index is 339. The lowest BCUT2D eigenvalue weighted by Crippen LogP contribution is -2.17. The molecule has 2 N–H and O–H groups in total. The fourth-order valence-electron chi connectivity index (χ4n) is 2.80. The molecule has 3 heteroatoms. The van der Waals surface area contributed by atoms with Crippen LogP contribution in [0.2, 0.25) is 0 Å². The quantitative estimate of drug-likeness (QED) is 0.578. The van der Waals surface area contributed by atoms with Crippen molar-refractivity contribution < 1.29 is 15.0 Å². The number of rotatable bonds is 3. The van der Waals surface area contributed by atoms with E-state index in [9.17, 15) is 15.0 Å². The zero-order chi connectivity index (χ0) is 12.4. The van der Waals surface area contributed by atoms with Gasteiger partial charge in [0, 0.05) is 12.3 Å².